The number of aromatic nitrogens is 2. The van der Waals surface area contributed by atoms with E-state index in [9.17, 15) is 14.4 Å². The average molecular weight is 487 g/mol. The SMILES string of the molecule is CCCCOc1ccc(/C=C/C(=O)N(CCCC)c2c(N)n(CCCC)c(=O)[nH]c2=O)cc1OC. The third kappa shape index (κ3) is 7.50. The third-order valence-corrected chi connectivity index (χ3v) is 5.58. The van der Waals surface area contributed by atoms with Crippen molar-refractivity contribution in [3.8, 4) is 11.5 Å². The van der Waals surface area contributed by atoms with Crippen molar-refractivity contribution in [2.24, 2.45) is 0 Å². The van der Waals surface area contributed by atoms with E-state index in [1.54, 1.807) is 25.3 Å². The van der Waals surface area contributed by atoms with Crippen LogP contribution in [0, 0.1) is 0 Å². The highest BCUT2D eigenvalue weighted by Gasteiger charge is 2.22. The summed E-state index contributed by atoms with van der Waals surface area (Å²) in [6.45, 7) is 7.34. The van der Waals surface area contributed by atoms with Crippen molar-refractivity contribution in [3.63, 3.8) is 0 Å². The molecule has 9 heteroatoms. The van der Waals surface area contributed by atoms with Gasteiger partial charge < -0.3 is 20.1 Å². The van der Waals surface area contributed by atoms with Gasteiger partial charge in [0.15, 0.2) is 17.2 Å². The minimum atomic E-state index is -0.673. The summed E-state index contributed by atoms with van der Waals surface area (Å²) in [7, 11) is 1.57. The molecule has 0 saturated carbocycles. The molecule has 0 spiro atoms. The zero-order valence-corrected chi connectivity index (χ0v) is 21.3. The van der Waals surface area contributed by atoms with Gasteiger partial charge in [-0.1, -0.05) is 46.1 Å². The van der Waals surface area contributed by atoms with Crippen LogP contribution in [-0.2, 0) is 11.3 Å². The zero-order chi connectivity index (χ0) is 25.8. The van der Waals surface area contributed by atoms with E-state index in [1.165, 1.54) is 15.5 Å². The summed E-state index contributed by atoms with van der Waals surface area (Å²) in [5.74, 6) is 0.809. The number of hydrogen-bond acceptors (Lipinski definition) is 6. The van der Waals surface area contributed by atoms with Gasteiger partial charge in [-0.25, -0.2) is 4.79 Å². The summed E-state index contributed by atoms with van der Waals surface area (Å²) in [6.07, 6.45) is 8.08. The van der Waals surface area contributed by atoms with Crippen LogP contribution in [0.3, 0.4) is 0 Å². The summed E-state index contributed by atoms with van der Waals surface area (Å²) in [4.78, 5) is 41.9. The molecule has 0 saturated heterocycles. The molecule has 0 aliphatic rings. The lowest BCUT2D eigenvalue weighted by molar-refractivity contribution is -0.114. The molecular formula is C26H38N4O5. The minimum Gasteiger partial charge on any atom is -0.493 e. The van der Waals surface area contributed by atoms with Crippen molar-refractivity contribution in [3.05, 3.63) is 50.7 Å². The number of nitrogens with zero attached hydrogens (tertiary/aromatic N) is 2. The maximum atomic E-state index is 13.2. The van der Waals surface area contributed by atoms with Crippen LogP contribution in [0.15, 0.2) is 33.9 Å². The van der Waals surface area contributed by atoms with Crippen LogP contribution in [0.2, 0.25) is 0 Å². The topological polar surface area (TPSA) is 120 Å². The van der Waals surface area contributed by atoms with Gasteiger partial charge in [0.25, 0.3) is 11.5 Å². The van der Waals surface area contributed by atoms with Gasteiger partial charge in [0, 0.05) is 19.2 Å². The van der Waals surface area contributed by atoms with Crippen LogP contribution < -0.4 is 31.4 Å². The lowest BCUT2D eigenvalue weighted by atomic mass is 10.1. The van der Waals surface area contributed by atoms with Gasteiger partial charge in [0.1, 0.15) is 5.82 Å². The summed E-state index contributed by atoms with van der Waals surface area (Å²) < 4.78 is 12.5. The first kappa shape index (κ1) is 27.8. The first-order valence-electron chi connectivity index (χ1n) is 12.3. The number of carbonyl (C=O) groups is 1. The van der Waals surface area contributed by atoms with E-state index in [0.29, 0.717) is 37.6 Å². The van der Waals surface area contributed by atoms with Crippen molar-refractivity contribution in [2.75, 3.05) is 30.9 Å². The number of hydrogen-bond donors (Lipinski definition) is 2. The molecule has 0 unspecified atom stereocenters. The first-order valence-corrected chi connectivity index (χ1v) is 12.3. The minimum absolute atomic E-state index is 0.000281. The quantitative estimate of drug-likeness (QED) is 0.308. The smallest absolute Gasteiger partial charge is 0.330 e. The van der Waals surface area contributed by atoms with E-state index in [1.807, 2.05) is 19.9 Å². The lowest BCUT2D eigenvalue weighted by Gasteiger charge is -2.23. The Hall–Kier alpha value is -3.49. The predicted molar refractivity (Wildman–Crippen MR) is 140 cm³/mol. The number of methoxy groups -OCH3 is 1. The Morgan fingerprint density at radius 1 is 1.09 bits per heavy atom. The van der Waals surface area contributed by atoms with Gasteiger partial charge in [-0.15, -0.1) is 0 Å². The second-order valence-electron chi connectivity index (χ2n) is 8.29. The van der Waals surface area contributed by atoms with Crippen LogP contribution in [0.5, 0.6) is 11.5 Å². The summed E-state index contributed by atoms with van der Waals surface area (Å²) >= 11 is 0. The van der Waals surface area contributed by atoms with Gasteiger partial charge in [-0.05, 0) is 43.0 Å². The largest absolute Gasteiger partial charge is 0.493 e. The van der Waals surface area contributed by atoms with Gasteiger partial charge in [-0.2, -0.15) is 0 Å². The number of H-pyrrole nitrogens is 1. The molecule has 1 aromatic carbocycles. The van der Waals surface area contributed by atoms with Crippen molar-refractivity contribution < 1.29 is 14.3 Å². The highest BCUT2D eigenvalue weighted by molar-refractivity contribution is 6.05. The molecule has 1 heterocycles. The molecule has 0 aliphatic carbocycles. The summed E-state index contributed by atoms with van der Waals surface area (Å²) in [6, 6.07) is 5.42. The highest BCUT2D eigenvalue weighted by Crippen LogP contribution is 2.29. The fourth-order valence-corrected chi connectivity index (χ4v) is 3.52. The Bertz CT molecular complexity index is 1120. The number of nitrogen functional groups attached to an aromatic ring is 1. The normalized spacial score (nSPS) is 11.1. The van der Waals surface area contributed by atoms with E-state index >= 15 is 0 Å². The molecule has 0 fully saturated rings. The number of ether oxygens (including phenoxy) is 2. The Balaban J connectivity index is 2.36. The Morgan fingerprint density at radius 2 is 1.80 bits per heavy atom. The van der Waals surface area contributed by atoms with Crippen LogP contribution in [-0.4, -0.2) is 35.7 Å². The summed E-state index contributed by atoms with van der Waals surface area (Å²) in [5, 5.41) is 0. The van der Waals surface area contributed by atoms with E-state index in [-0.39, 0.29) is 11.5 Å². The second-order valence-corrected chi connectivity index (χ2v) is 8.29. The molecule has 2 aromatic rings. The van der Waals surface area contributed by atoms with Crippen LogP contribution in [0.25, 0.3) is 6.08 Å². The first-order chi connectivity index (χ1) is 16.9. The molecule has 9 nitrogen and oxygen atoms in total. The van der Waals surface area contributed by atoms with E-state index in [2.05, 4.69) is 11.9 Å². The molecular weight excluding hydrogens is 448 g/mol. The molecule has 0 bridgehead atoms. The average Bonchev–Trinajstić information content (AvgIpc) is 2.84. The van der Waals surface area contributed by atoms with E-state index in [4.69, 9.17) is 15.2 Å². The van der Waals surface area contributed by atoms with E-state index in [0.717, 1.165) is 37.7 Å². The number of anilines is 2. The molecule has 2 rings (SSSR count). The Labute approximate surface area is 206 Å². The standard InChI is InChI=1S/C26H38N4O5/c1-5-8-15-29(23-24(27)30(16-9-6-2)26(33)28-25(23)32)22(31)14-12-19-11-13-20(21(18-19)34-4)35-17-10-7-3/h11-14,18H,5-10,15-17,27H2,1-4H3,(H,28,32,33)/b14-12+. The van der Waals surface area contributed by atoms with Gasteiger partial charge >= 0.3 is 5.69 Å². The van der Waals surface area contributed by atoms with Crippen molar-refractivity contribution >= 4 is 23.5 Å². The molecule has 0 atom stereocenters. The Morgan fingerprint density at radius 3 is 2.46 bits per heavy atom. The van der Waals surface area contributed by atoms with Gasteiger partial charge in [0.05, 0.1) is 13.7 Å². The van der Waals surface area contributed by atoms with Crippen LogP contribution >= 0.6 is 0 Å². The van der Waals surface area contributed by atoms with Crippen molar-refractivity contribution in [2.45, 2.75) is 65.8 Å². The summed E-state index contributed by atoms with van der Waals surface area (Å²) in [5.41, 5.74) is 5.74. The number of rotatable bonds is 14. The maximum Gasteiger partial charge on any atom is 0.330 e. The molecule has 1 amide bonds. The number of aromatic amines is 1. The van der Waals surface area contributed by atoms with Crippen molar-refractivity contribution in [1.82, 2.24) is 9.55 Å². The monoisotopic (exact) mass is 486 g/mol. The number of nitrogens with two attached hydrogens (primary N) is 1. The lowest BCUT2D eigenvalue weighted by Crippen LogP contribution is -2.41. The van der Waals surface area contributed by atoms with Crippen molar-refractivity contribution in [1.29, 1.82) is 0 Å². The zero-order valence-electron chi connectivity index (χ0n) is 21.3. The predicted octanol–water partition coefficient (Wildman–Crippen LogP) is 3.95. The maximum absolute atomic E-state index is 13.2. The molecule has 3 N–H and O–H groups in total. The molecule has 0 radical (unpaired) electrons. The van der Waals surface area contributed by atoms with Crippen LogP contribution in [0.4, 0.5) is 11.5 Å². The second kappa shape index (κ2) is 14.0. The Kier molecular flexibility index (Phi) is 11.1. The molecule has 0 aliphatic heterocycles. The van der Waals surface area contributed by atoms with E-state index < -0.39 is 17.2 Å². The fourth-order valence-electron chi connectivity index (χ4n) is 3.52. The molecule has 192 valence electrons. The molecule has 1 aromatic heterocycles. The third-order valence-electron chi connectivity index (χ3n) is 5.58. The number of amides is 1. The van der Waals surface area contributed by atoms with Crippen LogP contribution in [0.1, 0.15) is 64.9 Å². The fraction of sp³-hybridized carbons (Fsp3) is 0.500. The highest BCUT2D eigenvalue weighted by atomic mass is 16.5. The number of nitrogens with one attached hydrogen (secondary N) is 1. The molecule has 35 heavy (non-hydrogen) atoms. The van der Waals surface area contributed by atoms with Gasteiger partial charge in [0.2, 0.25) is 0 Å². The number of benzene rings is 1. The number of unbranched alkanes of at least 4 members (excludes halogenated alkanes) is 3. The number of carbonyl (C=O) groups excluding carboxylic acids is 1. The van der Waals surface area contributed by atoms with Gasteiger partial charge in [-0.3, -0.25) is 19.1 Å².